The second-order valence-electron chi connectivity index (χ2n) is 6.08. The monoisotopic (exact) mass is 330 g/mol. The number of hydrogen-bond acceptors (Lipinski definition) is 5. The van der Waals surface area contributed by atoms with E-state index in [-0.39, 0.29) is 24.9 Å². The summed E-state index contributed by atoms with van der Waals surface area (Å²) in [5.41, 5.74) is 1.47. The normalized spacial score (nSPS) is 21.8. The van der Waals surface area contributed by atoms with E-state index in [1.807, 2.05) is 6.92 Å². The Hall–Kier alpha value is -2.54. The van der Waals surface area contributed by atoms with Crippen LogP contribution in [0.25, 0.3) is 0 Å². The maximum Gasteiger partial charge on any atom is 0.262 e. The number of imide groups is 2. The third-order valence-corrected chi connectivity index (χ3v) is 4.43. The smallest absolute Gasteiger partial charge is 0.262 e. The van der Waals surface area contributed by atoms with Gasteiger partial charge >= 0.3 is 0 Å². The Morgan fingerprint density at radius 3 is 2.58 bits per heavy atom. The van der Waals surface area contributed by atoms with Gasteiger partial charge in [-0.15, -0.1) is 0 Å². The first-order chi connectivity index (χ1) is 11.4. The lowest BCUT2D eigenvalue weighted by atomic mass is 10.0. The summed E-state index contributed by atoms with van der Waals surface area (Å²) in [7, 11) is 1.61. The van der Waals surface area contributed by atoms with Crippen molar-refractivity contribution in [1.82, 2.24) is 10.2 Å². The predicted octanol–water partition coefficient (Wildman–Crippen LogP) is 0.665. The molecular formula is C17H18N2O5. The number of benzene rings is 1. The number of carbonyl (C=O) groups is 4. The summed E-state index contributed by atoms with van der Waals surface area (Å²) in [5, 5.41) is 2.18. The number of amides is 4. The highest BCUT2D eigenvalue weighted by atomic mass is 16.5. The van der Waals surface area contributed by atoms with E-state index >= 15 is 0 Å². The molecule has 126 valence electrons. The maximum atomic E-state index is 12.6. The molecule has 3 rings (SSSR count). The molecule has 0 radical (unpaired) electrons. The number of carbonyl (C=O) groups excluding carboxylic acids is 4. The molecule has 2 atom stereocenters. The highest BCUT2D eigenvalue weighted by Crippen LogP contribution is 2.28. The molecule has 1 saturated heterocycles. The quantitative estimate of drug-likeness (QED) is 0.819. The lowest BCUT2D eigenvalue weighted by Gasteiger charge is -2.27. The van der Waals surface area contributed by atoms with E-state index in [1.54, 1.807) is 25.3 Å². The maximum absolute atomic E-state index is 12.6. The molecular weight excluding hydrogens is 312 g/mol. The zero-order valence-corrected chi connectivity index (χ0v) is 13.5. The number of nitrogens with zero attached hydrogens (tertiary/aromatic N) is 1. The van der Waals surface area contributed by atoms with E-state index in [9.17, 15) is 19.2 Å². The van der Waals surface area contributed by atoms with Gasteiger partial charge in [-0.25, -0.2) is 0 Å². The molecule has 4 amide bonds. The zero-order chi connectivity index (χ0) is 17.4. The fraction of sp³-hybridized carbons (Fsp3) is 0.412. The Balaban J connectivity index is 1.88. The molecule has 2 heterocycles. The summed E-state index contributed by atoms with van der Waals surface area (Å²) in [6.07, 6.45) is 0.870. The third-order valence-electron chi connectivity index (χ3n) is 4.43. The fourth-order valence-corrected chi connectivity index (χ4v) is 3.06. The van der Waals surface area contributed by atoms with Crippen LogP contribution in [-0.4, -0.2) is 47.8 Å². The number of methoxy groups -OCH3 is 1. The molecule has 1 fully saturated rings. The number of piperidine rings is 1. The van der Waals surface area contributed by atoms with E-state index in [0.717, 1.165) is 10.5 Å². The molecule has 0 aromatic heterocycles. The summed E-state index contributed by atoms with van der Waals surface area (Å²) < 4.78 is 5.21. The van der Waals surface area contributed by atoms with Crippen molar-refractivity contribution in [3.8, 4) is 0 Å². The Kier molecular flexibility index (Phi) is 4.19. The Morgan fingerprint density at radius 2 is 1.92 bits per heavy atom. The van der Waals surface area contributed by atoms with Gasteiger partial charge in [-0.2, -0.15) is 0 Å². The van der Waals surface area contributed by atoms with Crippen LogP contribution in [0.1, 0.15) is 46.0 Å². The van der Waals surface area contributed by atoms with E-state index < -0.39 is 23.8 Å². The van der Waals surface area contributed by atoms with E-state index in [1.165, 1.54) is 0 Å². The Labute approximate surface area is 139 Å². The van der Waals surface area contributed by atoms with Crippen LogP contribution in [0.3, 0.4) is 0 Å². The van der Waals surface area contributed by atoms with Crippen molar-refractivity contribution in [2.45, 2.75) is 38.3 Å². The average Bonchev–Trinajstić information content (AvgIpc) is 2.79. The van der Waals surface area contributed by atoms with Crippen molar-refractivity contribution >= 4 is 23.6 Å². The standard InChI is InChI=1S/C17H18N2O5/c1-9(24-2)7-10-3-4-11-12(8-10)17(23)19(16(11)22)13-5-6-14(20)18-15(13)21/h3-4,8-9,13H,5-7H2,1-2H3,(H,18,20,21). The molecule has 2 aliphatic heterocycles. The van der Waals surface area contributed by atoms with E-state index in [0.29, 0.717) is 17.5 Å². The van der Waals surface area contributed by atoms with Crippen molar-refractivity contribution in [3.05, 3.63) is 34.9 Å². The second kappa shape index (κ2) is 6.16. The van der Waals surface area contributed by atoms with Crippen LogP contribution in [0.15, 0.2) is 18.2 Å². The summed E-state index contributed by atoms with van der Waals surface area (Å²) in [4.78, 5) is 49.4. The molecule has 0 saturated carbocycles. The highest BCUT2D eigenvalue weighted by Gasteiger charge is 2.44. The second-order valence-corrected chi connectivity index (χ2v) is 6.08. The summed E-state index contributed by atoms with van der Waals surface area (Å²) in [5.74, 6) is -1.97. The SMILES string of the molecule is COC(C)Cc1ccc2c(c1)C(=O)N(C1CCC(=O)NC1=O)C2=O. The number of fused-ring (bicyclic) bond motifs is 1. The van der Waals surface area contributed by atoms with Crippen molar-refractivity contribution in [2.75, 3.05) is 7.11 Å². The Bertz CT molecular complexity index is 742. The van der Waals surface area contributed by atoms with Crippen molar-refractivity contribution < 1.29 is 23.9 Å². The van der Waals surface area contributed by atoms with Crippen LogP contribution >= 0.6 is 0 Å². The zero-order valence-electron chi connectivity index (χ0n) is 13.5. The molecule has 1 aromatic rings. The lowest BCUT2D eigenvalue weighted by Crippen LogP contribution is -2.54. The van der Waals surface area contributed by atoms with Crippen LogP contribution in [-0.2, 0) is 20.7 Å². The first-order valence-electron chi connectivity index (χ1n) is 7.79. The molecule has 24 heavy (non-hydrogen) atoms. The van der Waals surface area contributed by atoms with Crippen molar-refractivity contribution in [3.63, 3.8) is 0 Å². The van der Waals surface area contributed by atoms with Crippen LogP contribution < -0.4 is 5.32 Å². The molecule has 2 unspecified atom stereocenters. The highest BCUT2D eigenvalue weighted by molar-refractivity contribution is 6.23. The van der Waals surface area contributed by atoms with Gasteiger partial charge in [-0.05, 0) is 37.5 Å². The molecule has 1 aromatic carbocycles. The van der Waals surface area contributed by atoms with Gasteiger partial charge < -0.3 is 4.74 Å². The van der Waals surface area contributed by atoms with Gasteiger partial charge in [0, 0.05) is 13.5 Å². The van der Waals surface area contributed by atoms with E-state index in [2.05, 4.69) is 5.32 Å². The summed E-state index contributed by atoms with van der Waals surface area (Å²) in [6.45, 7) is 1.91. The number of nitrogens with one attached hydrogen (secondary N) is 1. The van der Waals surface area contributed by atoms with Crippen LogP contribution in [0, 0.1) is 0 Å². The minimum Gasteiger partial charge on any atom is -0.381 e. The van der Waals surface area contributed by atoms with Crippen LogP contribution in [0.5, 0.6) is 0 Å². The van der Waals surface area contributed by atoms with E-state index in [4.69, 9.17) is 4.74 Å². The molecule has 0 aliphatic carbocycles. The minimum absolute atomic E-state index is 0.0125. The number of rotatable bonds is 4. The van der Waals surface area contributed by atoms with Crippen molar-refractivity contribution in [1.29, 1.82) is 0 Å². The first-order valence-corrected chi connectivity index (χ1v) is 7.79. The largest absolute Gasteiger partial charge is 0.381 e. The average molecular weight is 330 g/mol. The fourth-order valence-electron chi connectivity index (χ4n) is 3.06. The lowest BCUT2D eigenvalue weighted by molar-refractivity contribution is -0.136. The molecule has 1 N–H and O–H groups in total. The van der Waals surface area contributed by atoms with Crippen LogP contribution in [0.4, 0.5) is 0 Å². The van der Waals surface area contributed by atoms with Gasteiger partial charge in [0.25, 0.3) is 11.8 Å². The van der Waals surface area contributed by atoms with Crippen molar-refractivity contribution in [2.24, 2.45) is 0 Å². The first kappa shape index (κ1) is 16.3. The van der Waals surface area contributed by atoms with Gasteiger partial charge in [0.15, 0.2) is 0 Å². The van der Waals surface area contributed by atoms with Gasteiger partial charge in [-0.1, -0.05) is 6.07 Å². The third kappa shape index (κ3) is 2.71. The number of hydrogen-bond donors (Lipinski definition) is 1. The van der Waals surface area contributed by atoms with Gasteiger partial charge in [0.1, 0.15) is 6.04 Å². The Morgan fingerprint density at radius 1 is 1.21 bits per heavy atom. The van der Waals surface area contributed by atoms with Gasteiger partial charge in [-0.3, -0.25) is 29.4 Å². The minimum atomic E-state index is -0.934. The summed E-state index contributed by atoms with van der Waals surface area (Å²) in [6, 6.07) is 4.14. The topological polar surface area (TPSA) is 92.8 Å². The molecule has 0 bridgehead atoms. The molecule has 7 heteroatoms. The molecule has 0 spiro atoms. The predicted molar refractivity (Wildman–Crippen MR) is 83.3 cm³/mol. The van der Waals surface area contributed by atoms with Gasteiger partial charge in [0.2, 0.25) is 11.8 Å². The molecule has 2 aliphatic rings. The van der Waals surface area contributed by atoms with Gasteiger partial charge in [0.05, 0.1) is 17.2 Å². The molecule has 7 nitrogen and oxygen atoms in total. The summed E-state index contributed by atoms with van der Waals surface area (Å²) >= 11 is 0. The number of ether oxygens (including phenoxy) is 1. The van der Waals surface area contributed by atoms with Crippen LogP contribution in [0.2, 0.25) is 0 Å².